The SMILES string of the molecule is O=C1CCC(N2Cc3c(cccc3N3CC4(CCN(C(=O)Cn5ccnn5)CC4)C3)C2=O)C(=O)N1. The summed E-state index contributed by atoms with van der Waals surface area (Å²) < 4.78 is 1.55. The molecule has 1 N–H and O–H groups in total. The van der Waals surface area contributed by atoms with Gasteiger partial charge in [0.1, 0.15) is 12.6 Å². The van der Waals surface area contributed by atoms with E-state index in [1.807, 2.05) is 23.1 Å². The van der Waals surface area contributed by atoms with Gasteiger partial charge in [0.25, 0.3) is 5.91 Å². The minimum Gasteiger partial charge on any atom is -0.370 e. The van der Waals surface area contributed by atoms with Crippen LogP contribution in [0.1, 0.15) is 41.6 Å². The summed E-state index contributed by atoms with van der Waals surface area (Å²) in [6.07, 6.45) is 5.76. The summed E-state index contributed by atoms with van der Waals surface area (Å²) in [7, 11) is 0. The molecule has 1 atom stereocenters. The number of piperidine rings is 2. The number of amides is 4. The number of hydrogen-bond donors (Lipinski definition) is 1. The second-order valence-corrected chi connectivity index (χ2v) is 10.0. The van der Waals surface area contributed by atoms with E-state index in [1.165, 1.54) is 0 Å². The van der Waals surface area contributed by atoms with Gasteiger partial charge in [0.05, 0.1) is 6.20 Å². The van der Waals surface area contributed by atoms with Crippen molar-refractivity contribution in [1.29, 1.82) is 0 Å². The van der Waals surface area contributed by atoms with Gasteiger partial charge in [-0.15, -0.1) is 5.10 Å². The van der Waals surface area contributed by atoms with Crippen LogP contribution < -0.4 is 10.2 Å². The molecule has 11 heteroatoms. The average molecular weight is 478 g/mol. The number of imide groups is 1. The van der Waals surface area contributed by atoms with Gasteiger partial charge in [0.2, 0.25) is 17.7 Å². The molecule has 1 aromatic carbocycles. The first-order valence-electron chi connectivity index (χ1n) is 12.1. The molecule has 3 saturated heterocycles. The first kappa shape index (κ1) is 21.8. The molecular formula is C24H27N7O4. The first-order valence-corrected chi connectivity index (χ1v) is 12.1. The number of rotatable bonds is 4. The molecular weight excluding hydrogens is 450 g/mol. The third kappa shape index (κ3) is 3.75. The topological polar surface area (TPSA) is 121 Å². The molecule has 4 amide bonds. The van der Waals surface area contributed by atoms with Crippen LogP contribution in [0.3, 0.4) is 0 Å². The molecule has 0 aliphatic carbocycles. The number of benzene rings is 1. The maximum absolute atomic E-state index is 13.1. The van der Waals surface area contributed by atoms with Crippen LogP contribution in [0.2, 0.25) is 0 Å². The molecule has 1 aromatic heterocycles. The highest BCUT2D eigenvalue weighted by molar-refractivity contribution is 6.06. The number of anilines is 1. The van der Waals surface area contributed by atoms with E-state index in [2.05, 4.69) is 20.5 Å². The van der Waals surface area contributed by atoms with Crippen molar-refractivity contribution in [1.82, 2.24) is 30.1 Å². The molecule has 182 valence electrons. The number of aromatic nitrogens is 3. The predicted molar refractivity (Wildman–Crippen MR) is 123 cm³/mol. The summed E-state index contributed by atoms with van der Waals surface area (Å²) in [6, 6.07) is 5.16. The fourth-order valence-electron chi connectivity index (χ4n) is 5.90. The van der Waals surface area contributed by atoms with E-state index < -0.39 is 11.9 Å². The largest absolute Gasteiger partial charge is 0.370 e. The second kappa shape index (κ2) is 8.17. The Morgan fingerprint density at radius 1 is 1.14 bits per heavy atom. The van der Waals surface area contributed by atoms with Crippen molar-refractivity contribution >= 4 is 29.3 Å². The number of fused-ring (bicyclic) bond motifs is 1. The van der Waals surface area contributed by atoms with E-state index >= 15 is 0 Å². The maximum atomic E-state index is 13.1. The van der Waals surface area contributed by atoms with Crippen LogP contribution in [0.15, 0.2) is 30.6 Å². The third-order valence-corrected chi connectivity index (χ3v) is 7.90. The van der Waals surface area contributed by atoms with Gasteiger partial charge in [0.15, 0.2) is 0 Å². The lowest BCUT2D eigenvalue weighted by Crippen LogP contribution is -2.61. The Balaban J connectivity index is 1.10. The standard InChI is InChI=1S/C24H27N7O4/c32-20-5-4-19(22(34)26-20)31-12-17-16(23(31)35)2-1-3-18(17)29-14-24(15-29)6-9-28(10-7-24)21(33)13-30-11-8-25-27-30/h1-3,8,11,19H,4-7,9-10,12-15H2,(H,26,32,34). The molecule has 4 aliphatic heterocycles. The van der Waals surface area contributed by atoms with Gasteiger partial charge < -0.3 is 14.7 Å². The molecule has 11 nitrogen and oxygen atoms in total. The molecule has 2 aromatic rings. The third-order valence-electron chi connectivity index (χ3n) is 7.90. The summed E-state index contributed by atoms with van der Waals surface area (Å²) in [5.41, 5.74) is 2.82. The van der Waals surface area contributed by atoms with Crippen molar-refractivity contribution in [2.45, 2.75) is 44.8 Å². The monoisotopic (exact) mass is 477 g/mol. The van der Waals surface area contributed by atoms with Crippen LogP contribution in [0, 0.1) is 5.41 Å². The summed E-state index contributed by atoms with van der Waals surface area (Å²) in [6.45, 7) is 3.84. The Morgan fingerprint density at radius 2 is 1.94 bits per heavy atom. The second-order valence-electron chi connectivity index (χ2n) is 10.0. The van der Waals surface area contributed by atoms with Crippen LogP contribution in [0.4, 0.5) is 5.69 Å². The van der Waals surface area contributed by atoms with E-state index in [4.69, 9.17) is 0 Å². The van der Waals surface area contributed by atoms with Gasteiger partial charge in [-0.3, -0.25) is 24.5 Å². The van der Waals surface area contributed by atoms with Crippen molar-refractivity contribution in [3.8, 4) is 0 Å². The maximum Gasteiger partial charge on any atom is 0.255 e. The number of carbonyl (C=O) groups excluding carboxylic acids is 4. The van der Waals surface area contributed by atoms with Gasteiger partial charge in [-0.2, -0.15) is 0 Å². The van der Waals surface area contributed by atoms with Crippen molar-refractivity contribution in [2.75, 3.05) is 31.1 Å². The molecule has 1 unspecified atom stereocenters. The van der Waals surface area contributed by atoms with Crippen molar-refractivity contribution in [3.63, 3.8) is 0 Å². The van der Waals surface area contributed by atoms with E-state index in [0.29, 0.717) is 18.5 Å². The first-order chi connectivity index (χ1) is 16.9. The number of likely N-dealkylation sites (tertiary alicyclic amines) is 1. The Kier molecular flexibility index (Phi) is 5.08. The normalized spacial score (nSPS) is 23.4. The lowest BCUT2D eigenvalue weighted by molar-refractivity contribution is -0.137. The Bertz CT molecular complexity index is 1190. The molecule has 4 aliphatic rings. The van der Waals surface area contributed by atoms with Crippen LogP contribution >= 0.6 is 0 Å². The fraction of sp³-hybridized carbons (Fsp3) is 0.500. The zero-order chi connectivity index (χ0) is 24.2. The molecule has 0 saturated carbocycles. The van der Waals surface area contributed by atoms with Crippen molar-refractivity contribution in [2.24, 2.45) is 5.41 Å². The van der Waals surface area contributed by atoms with E-state index in [1.54, 1.807) is 22.0 Å². The summed E-state index contributed by atoms with van der Waals surface area (Å²) in [5, 5.41) is 9.98. The molecule has 35 heavy (non-hydrogen) atoms. The number of hydrogen-bond acceptors (Lipinski definition) is 7. The van der Waals surface area contributed by atoms with Crippen molar-refractivity contribution in [3.05, 3.63) is 41.7 Å². The highest BCUT2D eigenvalue weighted by atomic mass is 16.2. The van der Waals surface area contributed by atoms with Crippen LogP contribution in [-0.4, -0.2) is 80.6 Å². The zero-order valence-corrected chi connectivity index (χ0v) is 19.4. The van der Waals surface area contributed by atoms with Gasteiger partial charge in [-0.1, -0.05) is 11.3 Å². The summed E-state index contributed by atoms with van der Waals surface area (Å²) >= 11 is 0. The highest BCUT2D eigenvalue weighted by Gasteiger charge is 2.47. The van der Waals surface area contributed by atoms with Crippen LogP contribution in [0.25, 0.3) is 0 Å². The van der Waals surface area contributed by atoms with E-state index in [9.17, 15) is 19.2 Å². The molecule has 3 fully saturated rings. The molecule has 0 radical (unpaired) electrons. The van der Waals surface area contributed by atoms with Crippen LogP contribution in [0.5, 0.6) is 0 Å². The number of nitrogens with one attached hydrogen (secondary N) is 1. The van der Waals surface area contributed by atoms with Gasteiger partial charge >= 0.3 is 0 Å². The summed E-state index contributed by atoms with van der Waals surface area (Å²) in [5.74, 6) is -0.759. The van der Waals surface area contributed by atoms with E-state index in [0.717, 1.165) is 50.3 Å². The predicted octanol–water partition coefficient (Wildman–Crippen LogP) is 0.168. The average Bonchev–Trinajstić information content (AvgIpc) is 3.45. The Morgan fingerprint density at radius 3 is 2.66 bits per heavy atom. The molecule has 6 rings (SSSR count). The van der Waals surface area contributed by atoms with Crippen molar-refractivity contribution < 1.29 is 19.2 Å². The highest BCUT2D eigenvalue weighted by Crippen LogP contribution is 2.45. The lowest BCUT2D eigenvalue weighted by atomic mass is 9.71. The minimum absolute atomic E-state index is 0.0643. The number of nitrogens with zero attached hydrogens (tertiary/aromatic N) is 6. The van der Waals surface area contributed by atoms with Crippen LogP contribution in [-0.2, 0) is 27.5 Å². The molecule has 0 bridgehead atoms. The summed E-state index contributed by atoms with van der Waals surface area (Å²) in [4.78, 5) is 55.4. The Labute approximate surface area is 202 Å². The Hall–Kier alpha value is -3.76. The molecule has 1 spiro atoms. The lowest BCUT2D eigenvalue weighted by Gasteiger charge is -2.55. The number of carbonyl (C=O) groups is 4. The fourth-order valence-corrected chi connectivity index (χ4v) is 5.90. The minimum atomic E-state index is -0.609. The smallest absolute Gasteiger partial charge is 0.255 e. The van der Waals surface area contributed by atoms with E-state index in [-0.39, 0.29) is 36.1 Å². The van der Waals surface area contributed by atoms with Gasteiger partial charge in [-0.05, 0) is 31.4 Å². The zero-order valence-electron chi connectivity index (χ0n) is 19.4. The quantitative estimate of drug-likeness (QED) is 0.623. The van der Waals surface area contributed by atoms with Gasteiger partial charge in [-0.25, -0.2) is 4.68 Å². The van der Waals surface area contributed by atoms with Gasteiger partial charge in [0, 0.05) is 67.6 Å². The molecule has 5 heterocycles.